The van der Waals surface area contributed by atoms with Gasteiger partial charge in [0.05, 0.1) is 0 Å². The van der Waals surface area contributed by atoms with E-state index < -0.39 is 0 Å². The first kappa shape index (κ1) is 12.9. The van der Waals surface area contributed by atoms with Crippen molar-refractivity contribution in [2.24, 2.45) is 0 Å². The van der Waals surface area contributed by atoms with Crippen LogP contribution in [0.2, 0.25) is 0 Å². The van der Waals surface area contributed by atoms with Crippen LogP contribution in [0, 0.1) is 0 Å². The molecule has 0 bridgehead atoms. The summed E-state index contributed by atoms with van der Waals surface area (Å²) in [4.78, 5) is 0. The molecule has 1 unspecified atom stereocenters. The highest BCUT2D eigenvalue weighted by atomic mass is 15.0. The normalized spacial score (nSPS) is 18.8. The Morgan fingerprint density at radius 2 is 1.95 bits per heavy atom. The van der Waals surface area contributed by atoms with E-state index in [-0.39, 0.29) is 0 Å². The van der Waals surface area contributed by atoms with Crippen LogP contribution in [0.1, 0.15) is 25.3 Å². The molecule has 0 spiro atoms. The molecule has 1 atom stereocenters. The number of nitrogens with one attached hydrogen (secondary N) is 1. The van der Waals surface area contributed by atoms with Gasteiger partial charge in [0, 0.05) is 34.4 Å². The van der Waals surface area contributed by atoms with Gasteiger partial charge in [-0.2, -0.15) is 0 Å². The standard InChI is InChI=1S/C19H22N2/c1-2-21-18-8-4-3-7-16(18)17-13-14(9-10-19(17)21)12-15-6-5-11-20-15/h3-4,7-10,13,15,20H,2,5-6,11-12H2,1H3. The van der Waals surface area contributed by atoms with Gasteiger partial charge in [0.2, 0.25) is 0 Å². The molecular weight excluding hydrogens is 256 g/mol. The number of para-hydroxylation sites is 1. The van der Waals surface area contributed by atoms with E-state index in [9.17, 15) is 0 Å². The molecule has 1 aromatic heterocycles. The summed E-state index contributed by atoms with van der Waals surface area (Å²) in [5.74, 6) is 0. The van der Waals surface area contributed by atoms with Gasteiger partial charge in [0.15, 0.2) is 0 Å². The molecule has 1 N–H and O–H groups in total. The van der Waals surface area contributed by atoms with Gasteiger partial charge in [-0.25, -0.2) is 0 Å². The number of rotatable bonds is 3. The minimum absolute atomic E-state index is 0.668. The zero-order chi connectivity index (χ0) is 14.2. The van der Waals surface area contributed by atoms with E-state index in [4.69, 9.17) is 0 Å². The third-order valence-electron chi connectivity index (χ3n) is 4.80. The number of fused-ring (bicyclic) bond motifs is 3. The highest BCUT2D eigenvalue weighted by molar-refractivity contribution is 6.08. The lowest BCUT2D eigenvalue weighted by Crippen LogP contribution is -2.23. The van der Waals surface area contributed by atoms with Gasteiger partial charge in [-0.15, -0.1) is 0 Å². The first-order valence-corrected chi connectivity index (χ1v) is 8.10. The highest BCUT2D eigenvalue weighted by Gasteiger charge is 2.15. The lowest BCUT2D eigenvalue weighted by molar-refractivity contribution is 0.603. The van der Waals surface area contributed by atoms with Crippen molar-refractivity contribution in [1.29, 1.82) is 0 Å². The van der Waals surface area contributed by atoms with Gasteiger partial charge >= 0.3 is 0 Å². The molecule has 1 aliphatic rings. The molecule has 21 heavy (non-hydrogen) atoms. The van der Waals surface area contributed by atoms with Crippen molar-refractivity contribution in [3.05, 3.63) is 48.0 Å². The van der Waals surface area contributed by atoms with E-state index >= 15 is 0 Å². The average Bonchev–Trinajstić information content (AvgIpc) is 3.13. The summed E-state index contributed by atoms with van der Waals surface area (Å²) in [6.07, 6.45) is 3.79. The third-order valence-corrected chi connectivity index (χ3v) is 4.80. The van der Waals surface area contributed by atoms with Crippen LogP contribution in [-0.2, 0) is 13.0 Å². The van der Waals surface area contributed by atoms with Crippen molar-refractivity contribution in [2.45, 2.75) is 38.8 Å². The van der Waals surface area contributed by atoms with Gasteiger partial charge in [-0.3, -0.25) is 0 Å². The van der Waals surface area contributed by atoms with Crippen LogP contribution in [0.25, 0.3) is 21.8 Å². The largest absolute Gasteiger partial charge is 0.341 e. The number of nitrogens with zero attached hydrogens (tertiary/aromatic N) is 1. The summed E-state index contributed by atoms with van der Waals surface area (Å²) in [6, 6.07) is 16.5. The number of aromatic nitrogens is 1. The smallest absolute Gasteiger partial charge is 0.0491 e. The van der Waals surface area contributed by atoms with Crippen LogP contribution < -0.4 is 5.32 Å². The molecule has 2 heteroatoms. The van der Waals surface area contributed by atoms with Crippen molar-refractivity contribution < 1.29 is 0 Å². The molecule has 4 rings (SSSR count). The number of benzene rings is 2. The fourth-order valence-electron chi connectivity index (χ4n) is 3.78. The molecule has 108 valence electrons. The molecule has 0 aliphatic carbocycles. The topological polar surface area (TPSA) is 17.0 Å². The summed E-state index contributed by atoms with van der Waals surface area (Å²) >= 11 is 0. The first-order valence-electron chi connectivity index (χ1n) is 8.10. The van der Waals surface area contributed by atoms with Gasteiger partial charge in [0.25, 0.3) is 0 Å². The molecule has 1 saturated heterocycles. The van der Waals surface area contributed by atoms with Crippen molar-refractivity contribution in [3.63, 3.8) is 0 Å². The maximum atomic E-state index is 3.60. The highest BCUT2D eigenvalue weighted by Crippen LogP contribution is 2.30. The van der Waals surface area contributed by atoms with E-state index in [0.29, 0.717) is 6.04 Å². The molecule has 0 saturated carbocycles. The lowest BCUT2D eigenvalue weighted by atomic mass is 10.0. The Morgan fingerprint density at radius 1 is 1.10 bits per heavy atom. The summed E-state index contributed by atoms with van der Waals surface area (Å²) in [5, 5.41) is 6.39. The fourth-order valence-corrected chi connectivity index (χ4v) is 3.78. The van der Waals surface area contributed by atoms with E-state index in [0.717, 1.165) is 13.0 Å². The second-order valence-electron chi connectivity index (χ2n) is 6.11. The minimum Gasteiger partial charge on any atom is -0.341 e. The van der Waals surface area contributed by atoms with Crippen LogP contribution in [0.5, 0.6) is 0 Å². The Kier molecular flexibility index (Phi) is 3.19. The molecule has 2 heterocycles. The van der Waals surface area contributed by atoms with Crippen LogP contribution in [0.15, 0.2) is 42.5 Å². The van der Waals surface area contributed by atoms with Crippen molar-refractivity contribution in [3.8, 4) is 0 Å². The van der Waals surface area contributed by atoms with Crippen molar-refractivity contribution >= 4 is 21.8 Å². The van der Waals surface area contributed by atoms with Gasteiger partial charge in [-0.1, -0.05) is 24.3 Å². The van der Waals surface area contributed by atoms with E-state index in [2.05, 4.69) is 59.3 Å². The molecule has 1 aliphatic heterocycles. The molecule has 0 radical (unpaired) electrons. The minimum atomic E-state index is 0.668. The first-order chi connectivity index (χ1) is 10.4. The summed E-state index contributed by atoms with van der Waals surface area (Å²) < 4.78 is 2.42. The second-order valence-corrected chi connectivity index (χ2v) is 6.11. The maximum absolute atomic E-state index is 3.60. The monoisotopic (exact) mass is 278 g/mol. The van der Waals surface area contributed by atoms with Crippen LogP contribution in [-0.4, -0.2) is 17.2 Å². The molecule has 0 amide bonds. The Bertz CT molecular complexity index is 779. The number of hydrogen-bond donors (Lipinski definition) is 1. The second kappa shape index (κ2) is 5.19. The molecule has 2 nitrogen and oxygen atoms in total. The molecular formula is C19H22N2. The average molecular weight is 278 g/mol. The molecule has 3 aromatic rings. The Balaban J connectivity index is 1.84. The van der Waals surface area contributed by atoms with E-state index in [1.165, 1.54) is 46.8 Å². The fraction of sp³-hybridized carbons (Fsp3) is 0.368. The predicted octanol–water partition coefficient (Wildman–Crippen LogP) is 4.11. The number of aryl methyl sites for hydroxylation is 1. The van der Waals surface area contributed by atoms with Crippen LogP contribution in [0.3, 0.4) is 0 Å². The van der Waals surface area contributed by atoms with E-state index in [1.54, 1.807) is 0 Å². The van der Waals surface area contributed by atoms with E-state index in [1.807, 2.05) is 0 Å². The number of hydrogen-bond acceptors (Lipinski definition) is 1. The van der Waals surface area contributed by atoms with Crippen LogP contribution in [0.4, 0.5) is 0 Å². The SMILES string of the molecule is CCn1c2ccccc2c2cc(CC3CCCN3)ccc21. The van der Waals surface area contributed by atoms with Gasteiger partial charge in [-0.05, 0) is 56.5 Å². The molecule has 1 fully saturated rings. The zero-order valence-corrected chi connectivity index (χ0v) is 12.6. The maximum Gasteiger partial charge on any atom is 0.0491 e. The lowest BCUT2D eigenvalue weighted by Gasteiger charge is -2.10. The molecule has 2 aromatic carbocycles. The van der Waals surface area contributed by atoms with Crippen molar-refractivity contribution in [1.82, 2.24) is 9.88 Å². The predicted molar refractivity (Wildman–Crippen MR) is 89.8 cm³/mol. The Morgan fingerprint density at radius 3 is 2.76 bits per heavy atom. The quantitative estimate of drug-likeness (QED) is 0.763. The third kappa shape index (κ3) is 2.14. The van der Waals surface area contributed by atoms with Crippen LogP contribution >= 0.6 is 0 Å². The van der Waals surface area contributed by atoms with Crippen molar-refractivity contribution in [2.75, 3.05) is 6.54 Å². The van der Waals surface area contributed by atoms with Gasteiger partial charge in [0.1, 0.15) is 0 Å². The Labute approximate surface area is 125 Å². The summed E-state index contributed by atoms with van der Waals surface area (Å²) in [6.45, 7) is 4.43. The summed E-state index contributed by atoms with van der Waals surface area (Å²) in [5.41, 5.74) is 4.17. The summed E-state index contributed by atoms with van der Waals surface area (Å²) in [7, 11) is 0. The zero-order valence-electron chi connectivity index (χ0n) is 12.6. The Hall–Kier alpha value is -1.80. The van der Waals surface area contributed by atoms with Gasteiger partial charge < -0.3 is 9.88 Å².